The van der Waals surface area contributed by atoms with Gasteiger partial charge in [0.1, 0.15) is 17.1 Å². The summed E-state index contributed by atoms with van der Waals surface area (Å²) in [6.45, 7) is 2.01. The average molecular weight is 380 g/mol. The molecule has 0 spiro atoms. The molecule has 0 saturated heterocycles. The van der Waals surface area contributed by atoms with Crippen molar-refractivity contribution in [3.63, 3.8) is 0 Å². The van der Waals surface area contributed by atoms with Gasteiger partial charge >= 0.3 is 0 Å². The van der Waals surface area contributed by atoms with Crippen LogP contribution in [0.1, 0.15) is 5.82 Å². The molecule has 5 nitrogen and oxygen atoms in total. The molecule has 0 bridgehead atoms. The lowest BCUT2D eigenvalue weighted by atomic mass is 10.0. The summed E-state index contributed by atoms with van der Waals surface area (Å²) in [7, 11) is 1.67. The molecule has 0 aliphatic rings. The van der Waals surface area contributed by atoms with E-state index in [1.54, 1.807) is 7.11 Å². The first kappa shape index (κ1) is 17.3. The van der Waals surface area contributed by atoms with Crippen molar-refractivity contribution in [3.8, 4) is 22.6 Å². The Labute approximate surface area is 168 Å². The second kappa shape index (κ2) is 6.63. The highest BCUT2D eigenvalue weighted by atomic mass is 16.5. The first-order valence-electron chi connectivity index (χ1n) is 9.42. The molecule has 0 radical (unpaired) electrons. The molecular weight excluding hydrogens is 360 g/mol. The number of imidazole rings is 1. The number of rotatable bonds is 3. The molecule has 0 saturated carbocycles. The minimum atomic E-state index is 0.756. The Morgan fingerprint density at radius 1 is 0.862 bits per heavy atom. The molecule has 0 atom stereocenters. The zero-order valence-corrected chi connectivity index (χ0v) is 16.3. The van der Waals surface area contributed by atoms with E-state index in [0.717, 1.165) is 56.0 Å². The molecule has 5 heteroatoms. The van der Waals surface area contributed by atoms with Gasteiger partial charge in [-0.25, -0.2) is 4.98 Å². The van der Waals surface area contributed by atoms with Crippen LogP contribution in [0.2, 0.25) is 0 Å². The van der Waals surface area contributed by atoms with Crippen molar-refractivity contribution < 1.29 is 4.74 Å². The normalized spacial score (nSPS) is 11.2. The molecule has 5 aromatic rings. The third-order valence-corrected chi connectivity index (χ3v) is 5.22. The van der Waals surface area contributed by atoms with Gasteiger partial charge in [-0.05, 0) is 66.6 Å². The van der Waals surface area contributed by atoms with Crippen LogP contribution in [0, 0.1) is 6.92 Å². The first-order chi connectivity index (χ1) is 14.1. The Hall–Kier alpha value is -3.86. The van der Waals surface area contributed by atoms with E-state index in [4.69, 9.17) is 15.5 Å². The predicted molar refractivity (Wildman–Crippen MR) is 118 cm³/mol. The van der Waals surface area contributed by atoms with Crippen molar-refractivity contribution in [3.05, 3.63) is 78.8 Å². The second-order valence-corrected chi connectivity index (χ2v) is 7.04. The number of nitrogens with two attached hydrogens (primary N) is 1. The van der Waals surface area contributed by atoms with Gasteiger partial charge in [0, 0.05) is 16.8 Å². The summed E-state index contributed by atoms with van der Waals surface area (Å²) in [6, 6.07) is 22.3. The van der Waals surface area contributed by atoms with E-state index < -0.39 is 0 Å². The van der Waals surface area contributed by atoms with E-state index in [1.165, 1.54) is 0 Å². The molecule has 0 fully saturated rings. The van der Waals surface area contributed by atoms with Crippen molar-refractivity contribution in [2.45, 2.75) is 6.92 Å². The highest BCUT2D eigenvalue weighted by Crippen LogP contribution is 2.31. The molecule has 2 aromatic heterocycles. The van der Waals surface area contributed by atoms with Crippen molar-refractivity contribution in [2.24, 2.45) is 0 Å². The summed E-state index contributed by atoms with van der Waals surface area (Å²) in [5.74, 6) is 1.74. The Bertz CT molecular complexity index is 1340. The summed E-state index contributed by atoms with van der Waals surface area (Å²) < 4.78 is 7.48. The third-order valence-electron chi connectivity index (χ3n) is 5.22. The highest BCUT2D eigenvalue weighted by molar-refractivity contribution is 6.04. The number of aromatic nitrogens is 3. The number of fused-ring (bicyclic) bond motifs is 3. The number of methoxy groups -OCH3 is 1. The van der Waals surface area contributed by atoms with Crippen molar-refractivity contribution in [2.75, 3.05) is 12.8 Å². The molecule has 142 valence electrons. The zero-order chi connectivity index (χ0) is 20.0. The molecule has 3 aromatic carbocycles. The molecule has 5 rings (SSSR count). The van der Waals surface area contributed by atoms with E-state index in [-0.39, 0.29) is 0 Å². The highest BCUT2D eigenvalue weighted by Gasteiger charge is 2.14. The quantitative estimate of drug-likeness (QED) is 0.440. The van der Waals surface area contributed by atoms with E-state index >= 15 is 0 Å². The smallest absolute Gasteiger partial charge is 0.119 e. The number of nitrogens with zero attached hydrogens (tertiary/aromatic N) is 3. The SMILES string of the molecule is COc1ccc(-n2c(C)nc3cnc4ccc(-c5ccc(N)cc5)cc4c32)cc1. The van der Waals surface area contributed by atoms with Gasteiger partial charge in [0.25, 0.3) is 0 Å². The molecule has 0 aliphatic carbocycles. The number of hydrogen-bond acceptors (Lipinski definition) is 4. The number of hydrogen-bond donors (Lipinski definition) is 1. The summed E-state index contributed by atoms with van der Waals surface area (Å²) in [6.07, 6.45) is 1.84. The van der Waals surface area contributed by atoms with Crippen LogP contribution < -0.4 is 10.5 Å². The van der Waals surface area contributed by atoms with Crippen molar-refractivity contribution in [1.29, 1.82) is 0 Å². The maximum atomic E-state index is 5.85. The van der Waals surface area contributed by atoms with Crippen LogP contribution in [0.3, 0.4) is 0 Å². The van der Waals surface area contributed by atoms with Gasteiger partial charge < -0.3 is 10.5 Å². The lowest BCUT2D eigenvalue weighted by Crippen LogP contribution is -1.98. The summed E-state index contributed by atoms with van der Waals surface area (Å²) in [4.78, 5) is 9.37. The van der Waals surface area contributed by atoms with Gasteiger partial charge in [-0.15, -0.1) is 0 Å². The molecule has 29 heavy (non-hydrogen) atoms. The largest absolute Gasteiger partial charge is 0.497 e. The monoisotopic (exact) mass is 380 g/mol. The number of benzene rings is 3. The number of pyridine rings is 1. The summed E-state index contributed by atoms with van der Waals surface area (Å²) >= 11 is 0. The number of aryl methyl sites for hydroxylation is 1. The van der Waals surface area contributed by atoms with E-state index in [1.807, 2.05) is 61.7 Å². The van der Waals surface area contributed by atoms with Crippen LogP contribution in [0.4, 0.5) is 5.69 Å². The number of ether oxygens (including phenoxy) is 1. The topological polar surface area (TPSA) is 66.0 Å². The Morgan fingerprint density at radius 3 is 2.31 bits per heavy atom. The lowest BCUT2D eigenvalue weighted by molar-refractivity contribution is 0.415. The molecule has 0 aliphatic heterocycles. The fourth-order valence-corrected chi connectivity index (χ4v) is 3.77. The maximum absolute atomic E-state index is 5.85. The van der Waals surface area contributed by atoms with Gasteiger partial charge in [-0.2, -0.15) is 0 Å². The minimum absolute atomic E-state index is 0.756. The Morgan fingerprint density at radius 2 is 1.59 bits per heavy atom. The summed E-state index contributed by atoms with van der Waals surface area (Å²) in [5.41, 5.74) is 12.7. The van der Waals surface area contributed by atoms with Crippen molar-refractivity contribution in [1.82, 2.24) is 14.5 Å². The lowest BCUT2D eigenvalue weighted by Gasteiger charge is -2.11. The Balaban J connectivity index is 1.78. The maximum Gasteiger partial charge on any atom is 0.119 e. The van der Waals surface area contributed by atoms with Gasteiger partial charge in [-0.3, -0.25) is 9.55 Å². The van der Waals surface area contributed by atoms with E-state index in [2.05, 4.69) is 27.8 Å². The standard InChI is InChI=1S/C24H20N4O/c1-15-27-23-14-26-22-12-5-17(16-3-6-18(25)7-4-16)13-21(22)24(23)28(15)19-8-10-20(29-2)11-9-19/h3-14H,25H2,1-2H3. The second-order valence-electron chi connectivity index (χ2n) is 7.04. The molecule has 2 N–H and O–H groups in total. The zero-order valence-electron chi connectivity index (χ0n) is 16.3. The van der Waals surface area contributed by atoms with E-state index in [9.17, 15) is 0 Å². The van der Waals surface area contributed by atoms with Crippen LogP contribution in [0.5, 0.6) is 5.75 Å². The van der Waals surface area contributed by atoms with Crippen LogP contribution in [-0.4, -0.2) is 21.6 Å². The van der Waals surface area contributed by atoms with Crippen LogP contribution >= 0.6 is 0 Å². The fraction of sp³-hybridized carbons (Fsp3) is 0.0833. The van der Waals surface area contributed by atoms with Gasteiger partial charge in [0.2, 0.25) is 0 Å². The van der Waals surface area contributed by atoms with Crippen LogP contribution in [-0.2, 0) is 0 Å². The predicted octanol–water partition coefficient (Wildman–Crippen LogP) is 5.14. The average Bonchev–Trinajstić information content (AvgIpc) is 3.10. The number of anilines is 1. The van der Waals surface area contributed by atoms with Gasteiger partial charge in [0.05, 0.1) is 24.3 Å². The molecule has 0 amide bonds. The molecule has 0 unspecified atom stereocenters. The van der Waals surface area contributed by atoms with Gasteiger partial charge in [0.15, 0.2) is 0 Å². The Kier molecular flexibility index (Phi) is 3.95. The van der Waals surface area contributed by atoms with Gasteiger partial charge in [-0.1, -0.05) is 18.2 Å². The molecular formula is C24H20N4O. The summed E-state index contributed by atoms with van der Waals surface area (Å²) in [5, 5.41) is 1.06. The van der Waals surface area contributed by atoms with Crippen molar-refractivity contribution >= 4 is 27.6 Å². The molecule has 2 heterocycles. The fourth-order valence-electron chi connectivity index (χ4n) is 3.77. The third kappa shape index (κ3) is 2.88. The first-order valence-corrected chi connectivity index (χ1v) is 9.42. The van der Waals surface area contributed by atoms with Crippen LogP contribution in [0.25, 0.3) is 38.8 Å². The van der Waals surface area contributed by atoms with Crippen LogP contribution in [0.15, 0.2) is 72.9 Å². The number of nitrogen functional groups attached to an aromatic ring is 1. The van der Waals surface area contributed by atoms with E-state index in [0.29, 0.717) is 0 Å². The minimum Gasteiger partial charge on any atom is -0.497 e.